The summed E-state index contributed by atoms with van der Waals surface area (Å²) in [5.41, 5.74) is 3.06. The molecule has 5 rings (SSSR count). The molecule has 2 aliphatic heterocycles. The van der Waals surface area contributed by atoms with E-state index < -0.39 is 0 Å². The van der Waals surface area contributed by atoms with Crippen LogP contribution in [0.25, 0.3) is 0 Å². The number of piperidine rings is 1. The molecule has 0 amide bonds. The molecule has 4 nitrogen and oxygen atoms in total. The van der Waals surface area contributed by atoms with E-state index in [9.17, 15) is 0 Å². The summed E-state index contributed by atoms with van der Waals surface area (Å²) in [5.74, 6) is 1.67. The van der Waals surface area contributed by atoms with Gasteiger partial charge in [0.15, 0.2) is 0 Å². The summed E-state index contributed by atoms with van der Waals surface area (Å²) in [6.45, 7) is 4.08. The van der Waals surface area contributed by atoms with Crippen LogP contribution in [0.2, 0.25) is 0 Å². The van der Waals surface area contributed by atoms with E-state index in [0.717, 1.165) is 37.9 Å². The van der Waals surface area contributed by atoms with Crippen molar-refractivity contribution in [3.8, 4) is 5.75 Å². The van der Waals surface area contributed by atoms with E-state index in [0.29, 0.717) is 11.5 Å². The smallest absolute Gasteiger partial charge is 0.139 e. The molecule has 3 aliphatic rings. The lowest BCUT2D eigenvalue weighted by molar-refractivity contribution is 0.276. The number of aromatic nitrogens is 1. The normalized spacial score (nSPS) is 30.3. The van der Waals surface area contributed by atoms with Crippen LogP contribution in [0.4, 0.5) is 5.69 Å². The van der Waals surface area contributed by atoms with Crippen molar-refractivity contribution in [2.75, 3.05) is 31.1 Å². The third kappa shape index (κ3) is 2.78. The third-order valence-corrected chi connectivity index (χ3v) is 6.17. The molecule has 2 saturated heterocycles. The topological polar surface area (TPSA) is 37.4 Å². The minimum absolute atomic E-state index is 0.367. The quantitative estimate of drug-likeness (QED) is 0.911. The van der Waals surface area contributed by atoms with Crippen molar-refractivity contribution in [1.29, 1.82) is 0 Å². The van der Waals surface area contributed by atoms with Crippen LogP contribution in [0, 0.1) is 5.92 Å². The molecule has 130 valence electrons. The summed E-state index contributed by atoms with van der Waals surface area (Å²) in [6.07, 6.45) is 7.60. The van der Waals surface area contributed by atoms with Crippen LogP contribution in [-0.2, 0) is 5.41 Å². The van der Waals surface area contributed by atoms with E-state index in [-0.39, 0.29) is 0 Å². The summed E-state index contributed by atoms with van der Waals surface area (Å²) in [4.78, 5) is 6.90. The maximum absolute atomic E-state index is 5.99. The molecule has 1 N–H and O–H groups in total. The van der Waals surface area contributed by atoms with Gasteiger partial charge in [-0.3, -0.25) is 4.98 Å². The number of pyridine rings is 1. The second-order valence-electron chi connectivity index (χ2n) is 7.79. The van der Waals surface area contributed by atoms with E-state index in [1.165, 1.54) is 30.5 Å². The number of ether oxygens (including phenoxy) is 1. The monoisotopic (exact) mass is 335 g/mol. The summed E-state index contributed by atoms with van der Waals surface area (Å²) < 4.78 is 5.99. The zero-order chi connectivity index (χ0) is 16.7. The summed E-state index contributed by atoms with van der Waals surface area (Å²) in [5, 5.41) is 3.48. The van der Waals surface area contributed by atoms with Gasteiger partial charge in [-0.1, -0.05) is 30.3 Å². The Labute approximate surface area is 149 Å². The Balaban J connectivity index is 1.28. The lowest BCUT2D eigenvalue weighted by Crippen LogP contribution is -2.28. The van der Waals surface area contributed by atoms with Crippen LogP contribution in [-0.4, -0.2) is 37.3 Å². The van der Waals surface area contributed by atoms with E-state index in [1.54, 1.807) is 0 Å². The summed E-state index contributed by atoms with van der Waals surface area (Å²) in [7, 11) is 0. The van der Waals surface area contributed by atoms with Crippen LogP contribution in [0.5, 0.6) is 5.75 Å². The van der Waals surface area contributed by atoms with Gasteiger partial charge in [0.25, 0.3) is 0 Å². The van der Waals surface area contributed by atoms with Gasteiger partial charge in [0.1, 0.15) is 12.4 Å². The minimum Gasteiger partial charge on any atom is -0.490 e. The third-order valence-electron chi connectivity index (χ3n) is 6.17. The Morgan fingerprint density at radius 2 is 2.16 bits per heavy atom. The maximum Gasteiger partial charge on any atom is 0.139 e. The zero-order valence-electron chi connectivity index (χ0n) is 14.5. The highest BCUT2D eigenvalue weighted by Gasteiger charge is 2.60. The molecule has 4 heteroatoms. The van der Waals surface area contributed by atoms with Crippen molar-refractivity contribution in [1.82, 2.24) is 10.3 Å². The largest absolute Gasteiger partial charge is 0.490 e. The Morgan fingerprint density at radius 1 is 1.24 bits per heavy atom. The second kappa shape index (κ2) is 6.03. The van der Waals surface area contributed by atoms with Crippen LogP contribution in [0.3, 0.4) is 0 Å². The number of anilines is 1. The Kier molecular flexibility index (Phi) is 3.66. The lowest BCUT2D eigenvalue weighted by Gasteiger charge is -2.23. The maximum atomic E-state index is 5.99. The van der Waals surface area contributed by atoms with Crippen molar-refractivity contribution < 1.29 is 4.74 Å². The molecule has 3 heterocycles. The van der Waals surface area contributed by atoms with Crippen LogP contribution >= 0.6 is 0 Å². The highest BCUT2D eigenvalue weighted by Crippen LogP contribution is 2.59. The van der Waals surface area contributed by atoms with Gasteiger partial charge in [-0.05, 0) is 37.3 Å². The second-order valence-corrected chi connectivity index (χ2v) is 7.79. The highest BCUT2D eigenvalue weighted by atomic mass is 16.5. The van der Waals surface area contributed by atoms with Gasteiger partial charge in [-0.25, -0.2) is 0 Å². The van der Waals surface area contributed by atoms with E-state index in [4.69, 9.17) is 4.74 Å². The Bertz CT molecular complexity index is 744. The SMILES string of the molecule is c1ccc([C@]23C[C@@H]2CN(c2cncc(OC[C@@H]4CCCN4)c2)C3)cc1. The van der Waals surface area contributed by atoms with Gasteiger partial charge in [0, 0.05) is 30.6 Å². The molecule has 1 aromatic carbocycles. The fourth-order valence-corrected chi connectivity index (χ4v) is 4.65. The van der Waals surface area contributed by atoms with Gasteiger partial charge in [-0.2, -0.15) is 0 Å². The number of fused-ring (bicyclic) bond motifs is 1. The molecule has 1 aromatic heterocycles. The van der Waals surface area contributed by atoms with Crippen LogP contribution in [0.15, 0.2) is 48.8 Å². The van der Waals surface area contributed by atoms with E-state index in [2.05, 4.69) is 51.6 Å². The summed E-state index contributed by atoms with van der Waals surface area (Å²) >= 11 is 0. The lowest BCUT2D eigenvalue weighted by atomic mass is 9.95. The number of nitrogens with one attached hydrogen (secondary N) is 1. The molecular weight excluding hydrogens is 310 g/mol. The number of nitrogens with zero attached hydrogens (tertiary/aromatic N) is 2. The van der Waals surface area contributed by atoms with Crippen molar-refractivity contribution in [3.05, 3.63) is 54.4 Å². The van der Waals surface area contributed by atoms with E-state index >= 15 is 0 Å². The molecule has 0 bridgehead atoms. The van der Waals surface area contributed by atoms with E-state index in [1.807, 2.05) is 12.4 Å². The highest BCUT2D eigenvalue weighted by molar-refractivity contribution is 5.54. The molecule has 3 fully saturated rings. The van der Waals surface area contributed by atoms with Gasteiger partial charge in [0.2, 0.25) is 0 Å². The van der Waals surface area contributed by atoms with Gasteiger partial charge < -0.3 is 15.0 Å². The molecule has 0 spiro atoms. The molecule has 2 aromatic rings. The fourth-order valence-electron chi connectivity index (χ4n) is 4.65. The van der Waals surface area contributed by atoms with Gasteiger partial charge in [-0.15, -0.1) is 0 Å². The predicted molar refractivity (Wildman–Crippen MR) is 99.2 cm³/mol. The molecular formula is C21H25N3O. The van der Waals surface area contributed by atoms with Crippen LogP contribution in [0.1, 0.15) is 24.8 Å². The standard InChI is InChI=1S/C21H25N3O/c1-2-5-16(6-3-1)21-10-17(21)13-24(15-21)19-9-20(12-22-11-19)25-14-18-7-4-8-23-18/h1-3,5-6,9,11-12,17-18,23H,4,7-8,10,13-15H2/t17-,18+,21-/m1/s1. The van der Waals surface area contributed by atoms with Gasteiger partial charge in [0.05, 0.1) is 18.1 Å². The number of rotatable bonds is 5. The average molecular weight is 335 g/mol. The van der Waals surface area contributed by atoms with Gasteiger partial charge >= 0.3 is 0 Å². The van der Waals surface area contributed by atoms with Crippen LogP contribution < -0.4 is 15.0 Å². The zero-order valence-corrected chi connectivity index (χ0v) is 14.5. The minimum atomic E-state index is 0.367. The van der Waals surface area contributed by atoms with Crippen molar-refractivity contribution in [2.45, 2.75) is 30.7 Å². The van der Waals surface area contributed by atoms with Crippen molar-refractivity contribution >= 4 is 5.69 Å². The Hall–Kier alpha value is -2.07. The molecule has 1 saturated carbocycles. The first-order valence-corrected chi connectivity index (χ1v) is 9.45. The first-order valence-electron chi connectivity index (χ1n) is 9.45. The number of hydrogen-bond donors (Lipinski definition) is 1. The molecule has 1 aliphatic carbocycles. The fraction of sp³-hybridized carbons (Fsp3) is 0.476. The Morgan fingerprint density at radius 3 is 3.00 bits per heavy atom. The molecule has 25 heavy (non-hydrogen) atoms. The first kappa shape index (κ1) is 15.2. The number of hydrogen-bond acceptors (Lipinski definition) is 4. The molecule has 3 atom stereocenters. The average Bonchev–Trinajstić information content (AvgIpc) is 3.04. The molecule has 0 unspecified atom stereocenters. The first-order chi connectivity index (χ1) is 12.3. The predicted octanol–water partition coefficient (Wildman–Crippen LogP) is 2.99. The number of benzene rings is 1. The molecule has 0 radical (unpaired) electrons. The van der Waals surface area contributed by atoms with Crippen molar-refractivity contribution in [3.63, 3.8) is 0 Å². The summed E-state index contributed by atoms with van der Waals surface area (Å²) in [6, 6.07) is 13.7. The van der Waals surface area contributed by atoms with Crippen molar-refractivity contribution in [2.24, 2.45) is 5.92 Å².